The first-order valence-corrected chi connectivity index (χ1v) is 24.3. The highest BCUT2D eigenvalue weighted by Crippen LogP contribution is 2.57. The molecule has 0 amide bonds. The lowest BCUT2D eigenvalue weighted by molar-refractivity contribution is 0.768. The normalized spacial score (nSPS) is 12.7. The van der Waals surface area contributed by atoms with Gasteiger partial charge >= 0.3 is 0 Å². The number of benzene rings is 10. The molecular formula is C61H39ClN2S2. The molecule has 0 radical (unpaired) electrons. The first-order chi connectivity index (χ1) is 32.6. The number of hydrogen-bond donors (Lipinski definition) is 0. The van der Waals surface area contributed by atoms with E-state index < -0.39 is 5.41 Å². The summed E-state index contributed by atoms with van der Waals surface area (Å²) in [7, 11) is 0. The quantitative estimate of drug-likeness (QED) is 0.150. The summed E-state index contributed by atoms with van der Waals surface area (Å²) in [5.74, 6) is 0. The summed E-state index contributed by atoms with van der Waals surface area (Å²) in [5, 5.41) is 5.55. The van der Waals surface area contributed by atoms with E-state index in [2.05, 4.69) is 246 Å². The van der Waals surface area contributed by atoms with E-state index in [-0.39, 0.29) is 0 Å². The van der Waals surface area contributed by atoms with Crippen molar-refractivity contribution in [2.24, 2.45) is 0 Å². The number of thiophene rings is 2. The maximum atomic E-state index is 7.17. The smallest absolute Gasteiger partial charge is 0.0713 e. The summed E-state index contributed by atoms with van der Waals surface area (Å²) in [6.07, 6.45) is 0. The molecule has 0 aliphatic heterocycles. The predicted octanol–water partition coefficient (Wildman–Crippen LogP) is 18.4. The van der Waals surface area contributed by atoms with Gasteiger partial charge in [0.25, 0.3) is 0 Å². The number of para-hydroxylation sites is 2. The van der Waals surface area contributed by atoms with E-state index in [1.165, 1.54) is 68.3 Å². The molecule has 312 valence electrons. The lowest BCUT2D eigenvalue weighted by atomic mass is 9.68. The Morgan fingerprint density at radius 2 is 0.833 bits per heavy atom. The fraction of sp³-hybridized carbons (Fsp3) is 0.0164. The van der Waals surface area contributed by atoms with Gasteiger partial charge in [-0.15, -0.1) is 22.7 Å². The van der Waals surface area contributed by atoms with Crippen LogP contribution in [0.1, 0.15) is 22.3 Å². The predicted molar refractivity (Wildman–Crippen MR) is 284 cm³/mol. The fourth-order valence-corrected chi connectivity index (χ4v) is 13.2. The van der Waals surface area contributed by atoms with Gasteiger partial charge in [-0.3, -0.25) is 0 Å². The van der Waals surface area contributed by atoms with Crippen LogP contribution in [0.2, 0.25) is 5.02 Å². The van der Waals surface area contributed by atoms with Crippen LogP contribution < -0.4 is 9.80 Å². The monoisotopic (exact) mass is 898 g/mol. The Morgan fingerprint density at radius 1 is 0.318 bits per heavy atom. The zero-order chi connectivity index (χ0) is 43.8. The lowest BCUT2D eigenvalue weighted by Crippen LogP contribution is -2.28. The molecule has 12 aromatic rings. The van der Waals surface area contributed by atoms with E-state index in [0.717, 1.165) is 44.5 Å². The van der Waals surface area contributed by atoms with Gasteiger partial charge in [0.2, 0.25) is 0 Å². The van der Waals surface area contributed by atoms with Crippen molar-refractivity contribution >= 4 is 109 Å². The van der Waals surface area contributed by atoms with Crippen molar-refractivity contribution in [3.05, 3.63) is 264 Å². The number of anilines is 6. The molecule has 1 aliphatic carbocycles. The Balaban J connectivity index is 0.948. The minimum atomic E-state index is -0.453. The third kappa shape index (κ3) is 6.07. The van der Waals surface area contributed by atoms with Crippen molar-refractivity contribution in [2.75, 3.05) is 9.80 Å². The molecule has 0 atom stereocenters. The summed E-state index contributed by atoms with van der Waals surface area (Å²) in [5.41, 5.74) is 13.7. The van der Waals surface area contributed by atoms with Gasteiger partial charge in [-0.1, -0.05) is 163 Å². The second-order valence-electron chi connectivity index (χ2n) is 17.0. The van der Waals surface area contributed by atoms with Crippen LogP contribution in [0, 0.1) is 0 Å². The van der Waals surface area contributed by atoms with Crippen molar-refractivity contribution in [1.82, 2.24) is 0 Å². The van der Waals surface area contributed by atoms with Crippen molar-refractivity contribution in [1.29, 1.82) is 0 Å². The van der Waals surface area contributed by atoms with Crippen LogP contribution in [0.15, 0.2) is 237 Å². The van der Waals surface area contributed by atoms with E-state index in [0.29, 0.717) is 0 Å². The Labute approximate surface area is 396 Å². The SMILES string of the molecule is Clc1cc(N(c2ccccc2)c2ccc3c(c2)sc2ccc(N(c4ccccc4)c4ccc5c(c4)-c4ccccc4C5(c4ccccc4)c4ccccc4)cc23)cc2sc3ccccc3c12. The van der Waals surface area contributed by atoms with Crippen LogP contribution in [0.3, 0.4) is 0 Å². The Bertz CT molecular complexity index is 3750. The Morgan fingerprint density at radius 3 is 1.56 bits per heavy atom. The zero-order valence-electron chi connectivity index (χ0n) is 35.6. The number of rotatable bonds is 8. The third-order valence-corrected chi connectivity index (χ3v) is 15.9. The molecule has 5 heteroatoms. The van der Waals surface area contributed by atoms with E-state index in [1.807, 2.05) is 11.3 Å². The molecule has 0 unspecified atom stereocenters. The topological polar surface area (TPSA) is 6.48 Å². The van der Waals surface area contributed by atoms with Crippen LogP contribution in [-0.2, 0) is 5.41 Å². The van der Waals surface area contributed by atoms with Crippen LogP contribution >= 0.6 is 34.3 Å². The molecule has 0 bridgehead atoms. The molecule has 10 aromatic carbocycles. The molecular weight excluding hydrogens is 860 g/mol. The van der Waals surface area contributed by atoms with Crippen molar-refractivity contribution in [3.8, 4) is 11.1 Å². The van der Waals surface area contributed by atoms with Gasteiger partial charge in [0, 0.05) is 74.5 Å². The Kier molecular flexibility index (Phi) is 9.21. The average molecular weight is 900 g/mol. The second kappa shape index (κ2) is 15.6. The van der Waals surface area contributed by atoms with E-state index in [4.69, 9.17) is 11.6 Å². The molecule has 2 heterocycles. The highest BCUT2D eigenvalue weighted by molar-refractivity contribution is 7.26. The number of fused-ring (bicyclic) bond motifs is 9. The highest BCUT2D eigenvalue weighted by Gasteiger charge is 2.46. The average Bonchev–Trinajstić information content (AvgIpc) is 4.03. The van der Waals surface area contributed by atoms with Crippen LogP contribution in [0.4, 0.5) is 34.1 Å². The molecule has 0 fully saturated rings. The summed E-state index contributed by atoms with van der Waals surface area (Å²) in [4.78, 5) is 4.74. The van der Waals surface area contributed by atoms with Crippen molar-refractivity contribution < 1.29 is 0 Å². The second-order valence-corrected chi connectivity index (χ2v) is 19.5. The Hall–Kier alpha value is -7.47. The minimum Gasteiger partial charge on any atom is -0.310 e. The third-order valence-electron chi connectivity index (χ3n) is 13.4. The number of nitrogens with zero attached hydrogens (tertiary/aromatic N) is 2. The summed E-state index contributed by atoms with van der Waals surface area (Å²) < 4.78 is 4.90. The maximum absolute atomic E-state index is 7.17. The molecule has 2 nitrogen and oxygen atoms in total. The first-order valence-electron chi connectivity index (χ1n) is 22.3. The molecule has 66 heavy (non-hydrogen) atoms. The summed E-state index contributed by atoms with van der Waals surface area (Å²) >= 11 is 10.8. The largest absolute Gasteiger partial charge is 0.310 e. The van der Waals surface area contributed by atoms with E-state index >= 15 is 0 Å². The number of halogens is 1. The van der Waals surface area contributed by atoms with Crippen LogP contribution in [0.25, 0.3) is 51.5 Å². The van der Waals surface area contributed by atoms with Gasteiger partial charge < -0.3 is 9.80 Å². The van der Waals surface area contributed by atoms with Crippen LogP contribution in [-0.4, -0.2) is 0 Å². The van der Waals surface area contributed by atoms with Gasteiger partial charge in [-0.25, -0.2) is 0 Å². The van der Waals surface area contributed by atoms with E-state index in [9.17, 15) is 0 Å². The van der Waals surface area contributed by atoms with Gasteiger partial charge in [0.15, 0.2) is 0 Å². The first kappa shape index (κ1) is 38.9. The molecule has 0 N–H and O–H groups in total. The summed E-state index contributed by atoms with van der Waals surface area (Å²) in [6, 6.07) is 86.3. The van der Waals surface area contributed by atoms with Crippen molar-refractivity contribution in [3.63, 3.8) is 0 Å². The fourth-order valence-electron chi connectivity index (χ4n) is 10.6. The van der Waals surface area contributed by atoms with Gasteiger partial charge in [-0.2, -0.15) is 0 Å². The number of hydrogen-bond acceptors (Lipinski definition) is 4. The van der Waals surface area contributed by atoms with Gasteiger partial charge in [0.05, 0.1) is 10.4 Å². The molecule has 0 saturated carbocycles. The highest BCUT2D eigenvalue weighted by atomic mass is 35.5. The molecule has 1 aliphatic rings. The molecule has 13 rings (SSSR count). The molecule has 2 aromatic heterocycles. The maximum Gasteiger partial charge on any atom is 0.0713 e. The molecule has 0 spiro atoms. The zero-order valence-corrected chi connectivity index (χ0v) is 38.0. The molecule has 0 saturated heterocycles. The van der Waals surface area contributed by atoms with Crippen LogP contribution in [0.5, 0.6) is 0 Å². The summed E-state index contributed by atoms with van der Waals surface area (Å²) in [6.45, 7) is 0. The lowest BCUT2D eigenvalue weighted by Gasteiger charge is -2.34. The van der Waals surface area contributed by atoms with Crippen molar-refractivity contribution in [2.45, 2.75) is 5.41 Å². The standard InChI is InChI=1S/C61H39ClN2S2/c62-55-37-47(39-59-60(55)50-26-14-16-28-56(50)66-59)64(43-23-11-4-12-24-43)46-29-32-49-52-36-45(31-34-57(52)65-58(49)38-46)63(42-21-9-3-10-22-42)44-30-33-54-51(35-44)48-25-13-15-27-53(48)61(54,40-17-5-1-6-18-40)41-19-7-2-8-20-41/h1-39H. The van der Waals surface area contributed by atoms with E-state index in [1.54, 1.807) is 11.3 Å². The van der Waals surface area contributed by atoms with Gasteiger partial charge in [-0.05, 0) is 118 Å². The minimum absolute atomic E-state index is 0.453. The van der Waals surface area contributed by atoms with Gasteiger partial charge in [0.1, 0.15) is 0 Å².